The van der Waals surface area contributed by atoms with Crippen molar-refractivity contribution in [1.82, 2.24) is 5.32 Å². The van der Waals surface area contributed by atoms with Gasteiger partial charge in [0, 0.05) is 10.4 Å². The Morgan fingerprint density at radius 3 is 2.52 bits per heavy atom. The topological polar surface area (TPSA) is 38.3 Å². The molecular formula is C13H14Cl2F3NO2. The average Bonchev–Trinajstić information content (AvgIpc) is 2.30. The van der Waals surface area contributed by atoms with E-state index < -0.39 is 29.3 Å². The summed E-state index contributed by atoms with van der Waals surface area (Å²) in [4.78, 5) is 11.3. The molecule has 1 aliphatic heterocycles. The van der Waals surface area contributed by atoms with Gasteiger partial charge in [0.2, 0.25) is 0 Å². The monoisotopic (exact) mass is 343 g/mol. The number of carbonyl (C=O) groups excluding carboxylic acids is 1. The molecule has 1 amide bonds. The van der Waals surface area contributed by atoms with Gasteiger partial charge in [-0.05, 0) is 23.8 Å². The van der Waals surface area contributed by atoms with Crippen LogP contribution in [-0.2, 0) is 10.9 Å². The van der Waals surface area contributed by atoms with Gasteiger partial charge in [-0.1, -0.05) is 25.4 Å². The zero-order valence-electron chi connectivity index (χ0n) is 11.3. The molecule has 0 bridgehead atoms. The molecule has 8 heteroatoms. The van der Waals surface area contributed by atoms with E-state index in [4.69, 9.17) is 16.3 Å². The number of hydrogen-bond donors (Lipinski definition) is 1. The summed E-state index contributed by atoms with van der Waals surface area (Å²) in [6.07, 6.45) is -5.14. The first kappa shape index (κ1) is 17.9. The zero-order valence-corrected chi connectivity index (χ0v) is 12.8. The fourth-order valence-corrected chi connectivity index (χ4v) is 2.41. The predicted octanol–water partition coefficient (Wildman–Crippen LogP) is 4.59. The highest BCUT2D eigenvalue weighted by atomic mass is 35.5. The lowest BCUT2D eigenvalue weighted by atomic mass is 9.80. The van der Waals surface area contributed by atoms with Crippen LogP contribution >= 0.6 is 24.0 Å². The van der Waals surface area contributed by atoms with E-state index in [0.717, 1.165) is 12.1 Å². The fraction of sp³-hybridized carbons (Fsp3) is 0.462. The molecule has 0 aromatic heterocycles. The van der Waals surface area contributed by atoms with Crippen LogP contribution in [0.1, 0.15) is 31.0 Å². The summed E-state index contributed by atoms with van der Waals surface area (Å²) in [5, 5.41) is 2.52. The first-order valence-electron chi connectivity index (χ1n) is 5.90. The van der Waals surface area contributed by atoms with Gasteiger partial charge in [0.25, 0.3) is 0 Å². The summed E-state index contributed by atoms with van der Waals surface area (Å²) in [7, 11) is 0. The van der Waals surface area contributed by atoms with Gasteiger partial charge < -0.3 is 10.1 Å². The Kier molecular flexibility index (Phi) is 5.05. The van der Waals surface area contributed by atoms with Gasteiger partial charge in [-0.2, -0.15) is 13.2 Å². The van der Waals surface area contributed by atoms with Gasteiger partial charge in [-0.25, -0.2) is 4.79 Å². The van der Waals surface area contributed by atoms with Crippen LogP contribution in [0.4, 0.5) is 18.0 Å². The van der Waals surface area contributed by atoms with Gasteiger partial charge in [0.1, 0.15) is 6.61 Å². The van der Waals surface area contributed by atoms with Crippen molar-refractivity contribution in [1.29, 1.82) is 0 Å². The number of rotatable bonds is 1. The second-order valence-electron chi connectivity index (χ2n) is 5.41. The second kappa shape index (κ2) is 5.93. The highest BCUT2D eigenvalue weighted by Crippen LogP contribution is 2.40. The molecule has 118 valence electrons. The minimum atomic E-state index is -4.49. The molecule has 0 aliphatic carbocycles. The number of nitrogens with one attached hydrogen (secondary N) is 1. The molecule has 1 atom stereocenters. The maximum absolute atomic E-state index is 12.8. The molecule has 1 aliphatic rings. The Morgan fingerprint density at radius 2 is 1.95 bits per heavy atom. The van der Waals surface area contributed by atoms with Crippen LogP contribution in [0, 0.1) is 5.41 Å². The molecule has 1 heterocycles. The van der Waals surface area contributed by atoms with Crippen molar-refractivity contribution in [2.24, 2.45) is 5.41 Å². The van der Waals surface area contributed by atoms with Crippen molar-refractivity contribution in [3.8, 4) is 0 Å². The molecule has 0 saturated carbocycles. The number of carbonyl (C=O) groups is 1. The summed E-state index contributed by atoms with van der Waals surface area (Å²) in [6, 6.07) is 2.70. The SMILES string of the molecule is CC1(C)COC(=O)N[C@H]1c1cc(Cl)cc(C(F)(F)F)c1.Cl. The minimum Gasteiger partial charge on any atom is -0.449 e. The number of hydrogen-bond acceptors (Lipinski definition) is 2. The third kappa shape index (κ3) is 3.95. The Hall–Kier alpha value is -1.14. The van der Waals surface area contributed by atoms with Crippen molar-refractivity contribution < 1.29 is 22.7 Å². The predicted molar refractivity (Wildman–Crippen MR) is 74.7 cm³/mol. The Morgan fingerprint density at radius 1 is 1.33 bits per heavy atom. The van der Waals surface area contributed by atoms with E-state index in [1.54, 1.807) is 13.8 Å². The molecular weight excluding hydrogens is 330 g/mol. The largest absolute Gasteiger partial charge is 0.449 e. The zero-order chi connectivity index (χ0) is 15.1. The van der Waals surface area contributed by atoms with Gasteiger partial charge >= 0.3 is 12.3 Å². The molecule has 21 heavy (non-hydrogen) atoms. The summed E-state index contributed by atoms with van der Waals surface area (Å²) in [6.45, 7) is 3.72. The van der Waals surface area contributed by atoms with Crippen LogP contribution in [0.15, 0.2) is 18.2 Å². The van der Waals surface area contributed by atoms with Crippen molar-refractivity contribution in [3.63, 3.8) is 0 Å². The summed E-state index contributed by atoms with van der Waals surface area (Å²) >= 11 is 5.76. The van der Waals surface area contributed by atoms with Crippen molar-refractivity contribution in [3.05, 3.63) is 34.3 Å². The Balaban J connectivity index is 0.00000220. The van der Waals surface area contributed by atoms with E-state index in [9.17, 15) is 18.0 Å². The number of ether oxygens (including phenoxy) is 1. The third-order valence-corrected chi connectivity index (χ3v) is 3.42. The lowest BCUT2D eigenvalue weighted by Crippen LogP contribution is -2.47. The Bertz CT molecular complexity index is 547. The molecule has 2 rings (SSSR count). The van der Waals surface area contributed by atoms with Gasteiger partial charge in [0.15, 0.2) is 0 Å². The third-order valence-electron chi connectivity index (χ3n) is 3.20. The maximum Gasteiger partial charge on any atom is 0.416 e. The Labute approximate surface area is 131 Å². The lowest BCUT2D eigenvalue weighted by molar-refractivity contribution is -0.137. The normalized spacial score (nSPS) is 21.0. The average molecular weight is 344 g/mol. The number of cyclic esters (lactones) is 1. The minimum absolute atomic E-state index is 0. The summed E-state index contributed by atoms with van der Waals surface area (Å²) in [5.41, 5.74) is -1.07. The first-order chi connectivity index (χ1) is 9.09. The van der Waals surface area contributed by atoms with Crippen LogP contribution in [0.25, 0.3) is 0 Å². The standard InChI is InChI=1S/C13H13ClF3NO2.ClH/c1-12(2)6-20-11(19)18-10(12)7-3-8(13(15,16)17)5-9(14)4-7;/h3-5,10H,6H2,1-2H3,(H,18,19);1H/t10-;/m0./s1. The van der Waals surface area contributed by atoms with E-state index in [-0.39, 0.29) is 24.0 Å². The lowest BCUT2D eigenvalue weighted by Gasteiger charge is -2.38. The number of alkyl carbamates (subject to hydrolysis) is 1. The first-order valence-corrected chi connectivity index (χ1v) is 6.28. The van der Waals surface area contributed by atoms with Crippen LogP contribution in [0.5, 0.6) is 0 Å². The van der Waals surface area contributed by atoms with E-state index >= 15 is 0 Å². The van der Waals surface area contributed by atoms with E-state index in [1.165, 1.54) is 6.07 Å². The number of alkyl halides is 3. The van der Waals surface area contributed by atoms with Gasteiger partial charge in [0.05, 0.1) is 11.6 Å². The number of halogens is 5. The molecule has 1 aromatic rings. The smallest absolute Gasteiger partial charge is 0.416 e. The maximum atomic E-state index is 12.8. The highest BCUT2D eigenvalue weighted by molar-refractivity contribution is 6.30. The highest BCUT2D eigenvalue weighted by Gasteiger charge is 2.39. The fourth-order valence-electron chi connectivity index (χ4n) is 2.17. The molecule has 0 radical (unpaired) electrons. The molecule has 0 spiro atoms. The van der Waals surface area contributed by atoms with Gasteiger partial charge in [-0.3, -0.25) is 0 Å². The van der Waals surface area contributed by atoms with Crippen molar-refractivity contribution in [2.75, 3.05) is 6.61 Å². The van der Waals surface area contributed by atoms with Crippen LogP contribution in [0.2, 0.25) is 5.02 Å². The quantitative estimate of drug-likeness (QED) is 0.809. The molecule has 1 N–H and O–H groups in total. The van der Waals surface area contributed by atoms with Crippen molar-refractivity contribution in [2.45, 2.75) is 26.1 Å². The molecule has 1 fully saturated rings. The summed E-state index contributed by atoms with van der Waals surface area (Å²) < 4.78 is 43.3. The van der Waals surface area contributed by atoms with E-state index in [2.05, 4.69) is 5.32 Å². The molecule has 1 aromatic carbocycles. The van der Waals surface area contributed by atoms with Crippen LogP contribution in [-0.4, -0.2) is 12.7 Å². The van der Waals surface area contributed by atoms with Crippen molar-refractivity contribution >= 4 is 30.1 Å². The molecule has 3 nitrogen and oxygen atoms in total. The van der Waals surface area contributed by atoms with Crippen LogP contribution in [0.3, 0.4) is 0 Å². The second-order valence-corrected chi connectivity index (χ2v) is 5.85. The van der Waals surface area contributed by atoms with E-state index in [0.29, 0.717) is 5.56 Å². The number of benzene rings is 1. The summed E-state index contributed by atoms with van der Waals surface area (Å²) in [5.74, 6) is 0. The molecule has 1 saturated heterocycles. The van der Waals surface area contributed by atoms with Crippen LogP contribution < -0.4 is 5.32 Å². The van der Waals surface area contributed by atoms with Gasteiger partial charge in [-0.15, -0.1) is 12.4 Å². The number of amides is 1. The molecule has 0 unspecified atom stereocenters. The van der Waals surface area contributed by atoms with E-state index in [1.807, 2.05) is 0 Å².